The van der Waals surface area contributed by atoms with Crippen LogP contribution in [0.2, 0.25) is 0 Å². The van der Waals surface area contributed by atoms with E-state index in [0.29, 0.717) is 6.04 Å². The van der Waals surface area contributed by atoms with Gasteiger partial charge < -0.3 is 10.6 Å². The summed E-state index contributed by atoms with van der Waals surface area (Å²) in [5.41, 5.74) is 1.45. The molecule has 1 aliphatic heterocycles. The van der Waals surface area contributed by atoms with Gasteiger partial charge in [-0.3, -0.25) is 9.89 Å². The van der Waals surface area contributed by atoms with Crippen molar-refractivity contribution in [3.63, 3.8) is 0 Å². The number of thiophene rings is 1. The van der Waals surface area contributed by atoms with Crippen molar-refractivity contribution in [2.24, 2.45) is 4.99 Å². The van der Waals surface area contributed by atoms with E-state index in [9.17, 15) is 0 Å². The van der Waals surface area contributed by atoms with Crippen molar-refractivity contribution in [3.8, 4) is 0 Å². The molecular formula is C18H32N4S2. The zero-order valence-corrected chi connectivity index (χ0v) is 17.1. The number of nitrogens with one attached hydrogen (secondary N) is 2. The Balaban J connectivity index is 1.80. The van der Waals surface area contributed by atoms with Crippen LogP contribution in [0.25, 0.3) is 0 Å². The molecule has 0 radical (unpaired) electrons. The minimum Gasteiger partial charge on any atom is -0.357 e. The second-order valence-electron chi connectivity index (χ2n) is 6.99. The third kappa shape index (κ3) is 6.65. The predicted octanol–water partition coefficient (Wildman–Crippen LogP) is 3.41. The molecule has 4 nitrogen and oxygen atoms in total. The molecule has 0 atom stereocenters. The number of piperidine rings is 1. The highest BCUT2D eigenvalue weighted by molar-refractivity contribution is 7.99. The SMILES string of the molecule is CCNC(=NCC(C)(C)SC)NC1CCN(Cc2ccsc2)CC1. The van der Waals surface area contributed by atoms with Crippen molar-refractivity contribution in [3.05, 3.63) is 22.4 Å². The maximum absolute atomic E-state index is 4.79. The first-order valence-electron chi connectivity index (χ1n) is 8.86. The summed E-state index contributed by atoms with van der Waals surface area (Å²) in [5.74, 6) is 0.968. The maximum atomic E-state index is 4.79. The Morgan fingerprint density at radius 3 is 2.75 bits per heavy atom. The summed E-state index contributed by atoms with van der Waals surface area (Å²) in [6.07, 6.45) is 4.51. The third-order valence-electron chi connectivity index (χ3n) is 4.43. The number of hydrogen-bond acceptors (Lipinski definition) is 4. The summed E-state index contributed by atoms with van der Waals surface area (Å²) < 4.78 is 0.187. The summed E-state index contributed by atoms with van der Waals surface area (Å²) in [6, 6.07) is 2.76. The lowest BCUT2D eigenvalue weighted by Gasteiger charge is -2.33. The smallest absolute Gasteiger partial charge is 0.191 e. The number of aliphatic imine (C=N–C) groups is 1. The Labute approximate surface area is 155 Å². The normalized spacial score (nSPS) is 17.9. The average molecular weight is 369 g/mol. The van der Waals surface area contributed by atoms with Crippen LogP contribution < -0.4 is 10.6 Å². The first-order valence-corrected chi connectivity index (χ1v) is 11.0. The lowest BCUT2D eigenvalue weighted by atomic mass is 10.0. The molecule has 2 rings (SSSR count). The zero-order chi connectivity index (χ0) is 17.4. The second kappa shape index (κ2) is 9.68. The van der Waals surface area contributed by atoms with Gasteiger partial charge in [0.1, 0.15) is 0 Å². The van der Waals surface area contributed by atoms with E-state index >= 15 is 0 Å². The molecular weight excluding hydrogens is 336 g/mol. The van der Waals surface area contributed by atoms with Crippen LogP contribution in [0.1, 0.15) is 39.2 Å². The second-order valence-corrected chi connectivity index (χ2v) is 9.28. The fourth-order valence-corrected chi connectivity index (χ4v) is 3.58. The minimum absolute atomic E-state index is 0.187. The number of hydrogen-bond donors (Lipinski definition) is 2. The summed E-state index contributed by atoms with van der Waals surface area (Å²) >= 11 is 3.65. The van der Waals surface area contributed by atoms with Gasteiger partial charge >= 0.3 is 0 Å². The van der Waals surface area contributed by atoms with Crippen molar-refractivity contribution in [1.82, 2.24) is 15.5 Å². The van der Waals surface area contributed by atoms with Crippen molar-refractivity contribution < 1.29 is 0 Å². The van der Waals surface area contributed by atoms with Crippen LogP contribution in [0.4, 0.5) is 0 Å². The lowest BCUT2D eigenvalue weighted by molar-refractivity contribution is 0.198. The fraction of sp³-hybridized carbons (Fsp3) is 0.722. The van der Waals surface area contributed by atoms with Gasteiger partial charge in [-0.1, -0.05) is 0 Å². The maximum Gasteiger partial charge on any atom is 0.191 e. The van der Waals surface area contributed by atoms with Gasteiger partial charge in [-0.2, -0.15) is 23.1 Å². The molecule has 0 aromatic carbocycles. The number of guanidine groups is 1. The van der Waals surface area contributed by atoms with E-state index in [1.807, 2.05) is 11.8 Å². The van der Waals surface area contributed by atoms with Gasteiger partial charge in [0.05, 0.1) is 6.54 Å². The van der Waals surface area contributed by atoms with Gasteiger partial charge in [0.25, 0.3) is 0 Å². The Bertz CT molecular complexity index is 491. The highest BCUT2D eigenvalue weighted by Gasteiger charge is 2.21. The molecule has 1 saturated heterocycles. The standard InChI is InChI=1S/C18H32N4S2/c1-5-19-17(20-14-18(2,3)23-4)21-16-6-9-22(10-7-16)12-15-8-11-24-13-15/h8,11,13,16H,5-7,9-10,12,14H2,1-4H3,(H2,19,20,21). The van der Waals surface area contributed by atoms with E-state index in [-0.39, 0.29) is 4.75 Å². The number of rotatable bonds is 7. The van der Waals surface area contributed by atoms with Crippen LogP contribution in [0, 0.1) is 0 Å². The summed E-state index contributed by atoms with van der Waals surface area (Å²) in [5, 5.41) is 11.5. The van der Waals surface area contributed by atoms with Crippen molar-refractivity contribution >= 4 is 29.1 Å². The quantitative estimate of drug-likeness (QED) is 0.571. The fourth-order valence-electron chi connectivity index (χ4n) is 2.72. The molecule has 24 heavy (non-hydrogen) atoms. The minimum atomic E-state index is 0.187. The molecule has 1 aromatic rings. The Kier molecular flexibility index (Phi) is 7.91. The van der Waals surface area contributed by atoms with E-state index in [1.54, 1.807) is 11.3 Å². The molecule has 0 unspecified atom stereocenters. The van der Waals surface area contributed by atoms with Crippen LogP contribution in [-0.4, -0.2) is 54.1 Å². The molecule has 1 aliphatic rings. The van der Waals surface area contributed by atoms with Gasteiger partial charge in [-0.25, -0.2) is 0 Å². The van der Waals surface area contributed by atoms with E-state index < -0.39 is 0 Å². The first kappa shape index (κ1) is 19.6. The monoisotopic (exact) mass is 368 g/mol. The Hall–Kier alpha value is -0.720. The molecule has 0 saturated carbocycles. The molecule has 2 N–H and O–H groups in total. The molecule has 2 heterocycles. The molecule has 0 bridgehead atoms. The number of thioether (sulfide) groups is 1. The van der Waals surface area contributed by atoms with Gasteiger partial charge in [0.15, 0.2) is 5.96 Å². The summed E-state index contributed by atoms with van der Waals surface area (Å²) in [6.45, 7) is 11.8. The van der Waals surface area contributed by atoms with Crippen LogP contribution in [-0.2, 0) is 6.54 Å². The lowest BCUT2D eigenvalue weighted by Crippen LogP contribution is -2.48. The largest absolute Gasteiger partial charge is 0.357 e. The summed E-state index contributed by atoms with van der Waals surface area (Å²) in [7, 11) is 0. The first-order chi connectivity index (χ1) is 11.5. The van der Waals surface area contributed by atoms with Crippen LogP contribution >= 0.6 is 23.1 Å². The number of nitrogens with zero attached hydrogens (tertiary/aromatic N) is 2. The topological polar surface area (TPSA) is 39.7 Å². The van der Waals surface area contributed by atoms with Crippen LogP contribution in [0.15, 0.2) is 21.8 Å². The highest BCUT2D eigenvalue weighted by atomic mass is 32.2. The van der Waals surface area contributed by atoms with Gasteiger partial charge in [-0.15, -0.1) is 0 Å². The van der Waals surface area contributed by atoms with Crippen LogP contribution in [0.3, 0.4) is 0 Å². The van der Waals surface area contributed by atoms with Gasteiger partial charge in [0, 0.05) is 37.0 Å². The Morgan fingerprint density at radius 1 is 1.42 bits per heavy atom. The third-order valence-corrected chi connectivity index (χ3v) is 6.40. The average Bonchev–Trinajstić information content (AvgIpc) is 3.08. The van der Waals surface area contributed by atoms with Crippen molar-refractivity contribution in [2.45, 2.75) is 50.9 Å². The molecule has 1 aromatic heterocycles. The molecule has 6 heteroatoms. The van der Waals surface area contributed by atoms with Crippen molar-refractivity contribution in [2.75, 3.05) is 32.4 Å². The molecule has 0 spiro atoms. The van der Waals surface area contributed by atoms with Gasteiger partial charge in [0.2, 0.25) is 0 Å². The highest BCUT2D eigenvalue weighted by Crippen LogP contribution is 2.21. The molecule has 1 fully saturated rings. The van der Waals surface area contributed by atoms with E-state index in [2.05, 4.69) is 59.4 Å². The molecule has 136 valence electrons. The molecule has 0 amide bonds. The Morgan fingerprint density at radius 2 is 2.17 bits per heavy atom. The van der Waals surface area contributed by atoms with E-state index in [0.717, 1.165) is 38.7 Å². The van der Waals surface area contributed by atoms with E-state index in [1.165, 1.54) is 18.4 Å². The predicted molar refractivity (Wildman–Crippen MR) is 109 cm³/mol. The summed E-state index contributed by atoms with van der Waals surface area (Å²) in [4.78, 5) is 7.35. The number of likely N-dealkylation sites (tertiary alicyclic amines) is 1. The van der Waals surface area contributed by atoms with Crippen LogP contribution in [0.5, 0.6) is 0 Å². The van der Waals surface area contributed by atoms with Gasteiger partial charge in [-0.05, 0) is 62.3 Å². The molecule has 0 aliphatic carbocycles. The van der Waals surface area contributed by atoms with Crippen molar-refractivity contribution in [1.29, 1.82) is 0 Å². The zero-order valence-electron chi connectivity index (χ0n) is 15.5. The van der Waals surface area contributed by atoms with E-state index in [4.69, 9.17) is 4.99 Å².